The molecule has 1 saturated heterocycles. The zero-order valence-electron chi connectivity index (χ0n) is 17.4. The van der Waals surface area contributed by atoms with Gasteiger partial charge in [-0.3, -0.25) is 4.79 Å². The number of rotatable bonds is 5. The molecule has 0 unspecified atom stereocenters. The fraction of sp³-hybridized carbons (Fsp3) is 0.476. The second-order valence-electron chi connectivity index (χ2n) is 7.87. The minimum Gasteiger partial charge on any atom is -0.325 e. The van der Waals surface area contributed by atoms with Crippen LogP contribution in [0.2, 0.25) is 5.02 Å². The largest absolute Gasteiger partial charge is 0.367 e. The Kier molecular flexibility index (Phi) is 6.83. The van der Waals surface area contributed by atoms with Gasteiger partial charge in [-0.25, -0.2) is 13.9 Å². The molecule has 0 saturated carbocycles. The van der Waals surface area contributed by atoms with Gasteiger partial charge in [0, 0.05) is 37.4 Å². The molecule has 0 atom stereocenters. The number of carbonyl (C=O) groups excluding carboxylic acids is 1. The van der Waals surface area contributed by atoms with E-state index in [0.717, 1.165) is 63.1 Å². The van der Waals surface area contributed by atoms with Crippen molar-refractivity contribution in [2.45, 2.75) is 30.7 Å². The quantitative estimate of drug-likeness (QED) is 0.540. The van der Waals surface area contributed by atoms with E-state index < -0.39 is 5.82 Å². The van der Waals surface area contributed by atoms with Gasteiger partial charge in [-0.2, -0.15) is 4.98 Å². The fourth-order valence-corrected chi connectivity index (χ4v) is 5.04. The standard InChI is InChI=1S/C21H25ClFN5O2S/c1-26-8-10-27(11-9-26)28-18-5-3-2-4-15(18)20(25-21(28)30)31-13-19(29)24-14-6-7-17(23)16(22)12-14/h6-7,12H,2-5,8-11,13H2,1H3,(H,24,29). The molecule has 1 aliphatic heterocycles. The van der Waals surface area contributed by atoms with Gasteiger partial charge in [0.05, 0.1) is 16.5 Å². The Morgan fingerprint density at radius 3 is 2.71 bits per heavy atom. The maximum atomic E-state index is 13.3. The van der Waals surface area contributed by atoms with Gasteiger partial charge in [-0.15, -0.1) is 0 Å². The number of likely N-dealkylation sites (N-methyl/N-ethyl adjacent to an activating group) is 1. The Hall–Kier alpha value is -2.10. The van der Waals surface area contributed by atoms with Crippen LogP contribution in [-0.2, 0) is 17.6 Å². The first-order valence-corrected chi connectivity index (χ1v) is 11.7. The molecule has 7 nitrogen and oxygen atoms in total. The van der Waals surface area contributed by atoms with Crippen LogP contribution < -0.4 is 16.0 Å². The third-order valence-corrected chi connectivity index (χ3v) is 6.94. The minimum absolute atomic E-state index is 0.0475. The number of halogens is 2. The van der Waals surface area contributed by atoms with E-state index in [4.69, 9.17) is 11.6 Å². The Morgan fingerprint density at radius 2 is 1.97 bits per heavy atom. The molecule has 166 valence electrons. The Bertz CT molecular complexity index is 1040. The van der Waals surface area contributed by atoms with Gasteiger partial charge in [0.1, 0.15) is 10.8 Å². The lowest BCUT2D eigenvalue weighted by atomic mass is 9.97. The highest BCUT2D eigenvalue weighted by atomic mass is 35.5. The minimum atomic E-state index is -0.536. The highest BCUT2D eigenvalue weighted by Crippen LogP contribution is 2.29. The van der Waals surface area contributed by atoms with Gasteiger partial charge in [0.15, 0.2) is 0 Å². The predicted octanol–water partition coefficient (Wildman–Crippen LogP) is 2.53. The Labute approximate surface area is 189 Å². The molecule has 2 aliphatic rings. The first-order valence-electron chi connectivity index (χ1n) is 10.4. The van der Waals surface area contributed by atoms with Crippen LogP contribution in [0.3, 0.4) is 0 Å². The van der Waals surface area contributed by atoms with Crippen molar-refractivity contribution in [3.05, 3.63) is 50.8 Å². The smallest absolute Gasteiger partial charge is 0.325 e. The molecule has 1 N–H and O–H groups in total. The average molecular weight is 466 g/mol. The number of carbonyl (C=O) groups is 1. The van der Waals surface area contributed by atoms with Gasteiger partial charge in [0.25, 0.3) is 0 Å². The number of fused-ring (bicyclic) bond motifs is 1. The molecule has 0 radical (unpaired) electrons. The molecule has 2 aromatic rings. The molecule has 1 fully saturated rings. The second kappa shape index (κ2) is 9.58. The van der Waals surface area contributed by atoms with Crippen LogP contribution in [0.4, 0.5) is 10.1 Å². The molecule has 10 heteroatoms. The van der Waals surface area contributed by atoms with E-state index in [2.05, 4.69) is 27.3 Å². The molecule has 2 heterocycles. The number of anilines is 1. The fourth-order valence-electron chi connectivity index (χ4n) is 3.98. The summed E-state index contributed by atoms with van der Waals surface area (Å²) in [7, 11) is 2.08. The summed E-state index contributed by atoms with van der Waals surface area (Å²) in [6, 6.07) is 4.04. The summed E-state index contributed by atoms with van der Waals surface area (Å²) in [4.78, 5) is 31.9. The highest BCUT2D eigenvalue weighted by Gasteiger charge is 2.25. The van der Waals surface area contributed by atoms with Gasteiger partial charge >= 0.3 is 5.69 Å². The second-order valence-corrected chi connectivity index (χ2v) is 9.24. The summed E-state index contributed by atoms with van der Waals surface area (Å²) >= 11 is 7.04. The molecular weight excluding hydrogens is 441 g/mol. The zero-order chi connectivity index (χ0) is 22.0. The van der Waals surface area contributed by atoms with Crippen LogP contribution in [0, 0.1) is 5.82 Å². The van der Waals surface area contributed by atoms with Crippen LogP contribution in [0.5, 0.6) is 0 Å². The van der Waals surface area contributed by atoms with Crippen LogP contribution in [0.25, 0.3) is 0 Å². The Morgan fingerprint density at radius 1 is 1.23 bits per heavy atom. The third-order valence-electron chi connectivity index (χ3n) is 5.64. The van der Waals surface area contributed by atoms with Gasteiger partial charge in [-0.05, 0) is 50.9 Å². The van der Waals surface area contributed by atoms with Gasteiger partial charge < -0.3 is 15.2 Å². The highest BCUT2D eigenvalue weighted by molar-refractivity contribution is 8.00. The third kappa shape index (κ3) is 5.05. The van der Waals surface area contributed by atoms with Crippen LogP contribution in [0.1, 0.15) is 24.1 Å². The molecular formula is C21H25ClFN5O2S. The number of nitrogens with zero attached hydrogens (tertiary/aromatic N) is 4. The maximum absolute atomic E-state index is 13.3. The molecule has 31 heavy (non-hydrogen) atoms. The molecule has 4 rings (SSSR count). The lowest BCUT2D eigenvalue weighted by molar-refractivity contribution is -0.113. The van der Waals surface area contributed by atoms with Crippen LogP contribution >= 0.6 is 23.4 Å². The summed E-state index contributed by atoms with van der Waals surface area (Å²) < 4.78 is 15.1. The number of nitrogens with one attached hydrogen (secondary N) is 1. The summed E-state index contributed by atoms with van der Waals surface area (Å²) in [6.07, 6.45) is 3.78. The van der Waals surface area contributed by atoms with E-state index in [1.54, 1.807) is 4.68 Å². The molecule has 1 aromatic heterocycles. The molecule has 0 spiro atoms. The van der Waals surface area contributed by atoms with E-state index in [0.29, 0.717) is 10.7 Å². The number of hydrogen-bond acceptors (Lipinski definition) is 6. The van der Waals surface area contributed by atoms with Crippen molar-refractivity contribution in [1.29, 1.82) is 0 Å². The topological polar surface area (TPSA) is 70.5 Å². The van der Waals surface area contributed by atoms with Crippen molar-refractivity contribution in [2.24, 2.45) is 0 Å². The number of piperazine rings is 1. The van der Waals surface area contributed by atoms with Crippen molar-refractivity contribution in [3.8, 4) is 0 Å². The summed E-state index contributed by atoms with van der Waals surface area (Å²) in [5, 5.41) is 5.39. The van der Waals surface area contributed by atoms with Crippen molar-refractivity contribution in [2.75, 3.05) is 49.3 Å². The van der Waals surface area contributed by atoms with E-state index in [1.165, 1.54) is 30.0 Å². The van der Waals surface area contributed by atoms with E-state index in [1.807, 2.05) is 0 Å². The van der Waals surface area contributed by atoms with E-state index >= 15 is 0 Å². The first kappa shape index (κ1) is 22.1. The number of thioether (sulfide) groups is 1. The number of amides is 1. The van der Waals surface area contributed by atoms with Gasteiger partial charge in [0.2, 0.25) is 5.91 Å². The Balaban J connectivity index is 1.51. The van der Waals surface area contributed by atoms with Crippen molar-refractivity contribution in [1.82, 2.24) is 14.6 Å². The van der Waals surface area contributed by atoms with E-state index in [-0.39, 0.29) is 22.4 Å². The molecule has 0 bridgehead atoms. The van der Waals surface area contributed by atoms with Gasteiger partial charge in [-0.1, -0.05) is 23.4 Å². The molecule has 1 amide bonds. The number of aromatic nitrogens is 2. The SMILES string of the molecule is CN1CCN(n2c3c(c(SCC(=O)Nc4ccc(F)c(Cl)c4)nc2=O)CCCC3)CC1. The first-order chi connectivity index (χ1) is 14.9. The number of benzene rings is 1. The number of hydrogen-bond donors (Lipinski definition) is 1. The lowest BCUT2D eigenvalue weighted by Gasteiger charge is -2.37. The van der Waals surface area contributed by atoms with Crippen LogP contribution in [-0.4, -0.2) is 59.4 Å². The van der Waals surface area contributed by atoms with Crippen molar-refractivity contribution in [3.63, 3.8) is 0 Å². The van der Waals surface area contributed by atoms with Crippen LogP contribution in [0.15, 0.2) is 28.0 Å². The monoisotopic (exact) mass is 465 g/mol. The normalized spacial score (nSPS) is 16.8. The maximum Gasteiger partial charge on any atom is 0.367 e. The summed E-state index contributed by atoms with van der Waals surface area (Å²) in [6.45, 7) is 3.40. The molecule has 1 aromatic carbocycles. The zero-order valence-corrected chi connectivity index (χ0v) is 18.9. The van der Waals surface area contributed by atoms with Crippen molar-refractivity contribution < 1.29 is 9.18 Å². The summed E-state index contributed by atoms with van der Waals surface area (Å²) in [5.74, 6) is -0.695. The lowest BCUT2D eigenvalue weighted by Crippen LogP contribution is -2.54. The molecule has 1 aliphatic carbocycles. The van der Waals surface area contributed by atoms with Crippen molar-refractivity contribution >= 4 is 35.0 Å². The summed E-state index contributed by atoms with van der Waals surface area (Å²) in [5.41, 5.74) is 2.26. The average Bonchev–Trinajstić information content (AvgIpc) is 2.76. The van der Waals surface area contributed by atoms with E-state index in [9.17, 15) is 14.0 Å². The predicted molar refractivity (Wildman–Crippen MR) is 121 cm³/mol.